The second-order valence-corrected chi connectivity index (χ2v) is 5.59. The molecule has 0 aliphatic carbocycles. The summed E-state index contributed by atoms with van der Waals surface area (Å²) in [4.78, 5) is 8.61. The van der Waals surface area contributed by atoms with Gasteiger partial charge in [0.1, 0.15) is 24.1 Å². The fourth-order valence-corrected chi connectivity index (χ4v) is 2.60. The van der Waals surface area contributed by atoms with E-state index in [0.717, 1.165) is 5.56 Å². The molecule has 1 aromatic heterocycles. The van der Waals surface area contributed by atoms with Gasteiger partial charge in [0.25, 0.3) is 0 Å². The number of aliphatic hydroxyl groups is 3. The smallest absolute Gasteiger partial charge is 0.229 e. The second kappa shape index (κ2) is 7.10. The Morgan fingerprint density at radius 3 is 2.58 bits per heavy atom. The molecule has 8 nitrogen and oxygen atoms in total. The van der Waals surface area contributed by atoms with Crippen molar-refractivity contribution in [2.24, 2.45) is 4.99 Å². The first-order valence-electron chi connectivity index (χ1n) is 7.61. The highest BCUT2D eigenvalue weighted by Gasteiger charge is 2.43. The highest BCUT2D eigenvalue weighted by molar-refractivity contribution is 5.23. The molecule has 2 heterocycles. The maximum absolute atomic E-state index is 10.2. The highest BCUT2D eigenvalue weighted by atomic mass is 16.6. The van der Waals surface area contributed by atoms with Crippen LogP contribution in [0.25, 0.3) is 0 Å². The first-order valence-corrected chi connectivity index (χ1v) is 7.61. The number of nitrogens with zero attached hydrogens (tertiary/aromatic N) is 3. The van der Waals surface area contributed by atoms with Gasteiger partial charge in [-0.05, 0) is 11.6 Å². The molecule has 0 radical (unpaired) electrons. The molecule has 0 saturated carbocycles. The summed E-state index contributed by atoms with van der Waals surface area (Å²) in [6, 6.07) is 11.2. The molecular weight excluding hydrogens is 312 g/mol. The number of hydrogen-bond acceptors (Lipinski definition) is 7. The van der Waals surface area contributed by atoms with E-state index in [-0.39, 0.29) is 11.4 Å². The number of nitrogen functional groups attached to an aromatic ring is 1. The number of rotatable bonds is 4. The monoisotopic (exact) mass is 332 g/mol. The Hall–Kier alpha value is -2.26. The van der Waals surface area contributed by atoms with E-state index in [4.69, 9.17) is 10.5 Å². The van der Waals surface area contributed by atoms with Gasteiger partial charge in [-0.15, -0.1) is 0 Å². The van der Waals surface area contributed by atoms with Crippen LogP contribution in [0, 0.1) is 0 Å². The Morgan fingerprint density at radius 2 is 1.92 bits per heavy atom. The van der Waals surface area contributed by atoms with Crippen LogP contribution < -0.4 is 11.4 Å². The van der Waals surface area contributed by atoms with Crippen LogP contribution in [0.2, 0.25) is 0 Å². The van der Waals surface area contributed by atoms with Gasteiger partial charge in [-0.1, -0.05) is 30.3 Å². The number of hydrogen-bond donors (Lipinski definition) is 4. The van der Waals surface area contributed by atoms with E-state index in [1.54, 1.807) is 12.3 Å². The predicted octanol–water partition coefficient (Wildman–Crippen LogP) is -0.822. The van der Waals surface area contributed by atoms with E-state index in [1.807, 2.05) is 30.3 Å². The van der Waals surface area contributed by atoms with Crippen LogP contribution in [0.4, 0.5) is 5.82 Å². The SMILES string of the molecule is Nc1ccn([C@@H]2O[C@H](CO)[C@@H](O)[C@@H]2O)c(=NCc2ccccc2)n1. The van der Waals surface area contributed by atoms with Gasteiger partial charge in [-0.25, -0.2) is 4.99 Å². The molecule has 1 aromatic carbocycles. The minimum absolute atomic E-state index is 0.272. The summed E-state index contributed by atoms with van der Waals surface area (Å²) in [5, 5.41) is 29.3. The lowest BCUT2D eigenvalue weighted by Gasteiger charge is -2.18. The summed E-state index contributed by atoms with van der Waals surface area (Å²) in [6.07, 6.45) is -2.57. The number of nitrogens with two attached hydrogens (primary N) is 1. The van der Waals surface area contributed by atoms with Crippen LogP contribution in [0.15, 0.2) is 47.6 Å². The average Bonchev–Trinajstić information content (AvgIpc) is 2.89. The minimum atomic E-state index is -1.21. The summed E-state index contributed by atoms with van der Waals surface area (Å²) in [5.74, 6) is 0.282. The van der Waals surface area contributed by atoms with Gasteiger partial charge in [0.15, 0.2) is 6.23 Å². The zero-order chi connectivity index (χ0) is 17.1. The molecule has 24 heavy (non-hydrogen) atoms. The summed E-state index contributed by atoms with van der Waals surface area (Å²) >= 11 is 0. The van der Waals surface area contributed by atoms with Crippen LogP contribution in [0.3, 0.4) is 0 Å². The Bertz CT molecular complexity index is 749. The molecule has 3 rings (SSSR count). The van der Waals surface area contributed by atoms with E-state index >= 15 is 0 Å². The Kier molecular flexibility index (Phi) is 4.91. The highest BCUT2D eigenvalue weighted by Crippen LogP contribution is 2.28. The lowest BCUT2D eigenvalue weighted by Crippen LogP contribution is -2.36. The van der Waals surface area contributed by atoms with Gasteiger partial charge in [0, 0.05) is 6.20 Å². The van der Waals surface area contributed by atoms with Crippen molar-refractivity contribution < 1.29 is 20.1 Å². The molecule has 0 unspecified atom stereocenters. The molecule has 1 saturated heterocycles. The van der Waals surface area contributed by atoms with Gasteiger partial charge < -0.3 is 25.8 Å². The zero-order valence-corrected chi connectivity index (χ0v) is 12.9. The van der Waals surface area contributed by atoms with Gasteiger partial charge in [0.2, 0.25) is 5.62 Å². The van der Waals surface area contributed by atoms with Gasteiger partial charge in [-0.3, -0.25) is 4.57 Å². The zero-order valence-electron chi connectivity index (χ0n) is 12.9. The van der Waals surface area contributed by atoms with Crippen LogP contribution in [0.5, 0.6) is 0 Å². The fraction of sp³-hybridized carbons (Fsp3) is 0.375. The number of aliphatic hydroxyl groups excluding tert-OH is 3. The van der Waals surface area contributed by atoms with Gasteiger partial charge >= 0.3 is 0 Å². The van der Waals surface area contributed by atoms with Gasteiger partial charge in [0.05, 0.1) is 13.2 Å². The molecule has 4 atom stereocenters. The summed E-state index contributed by atoms with van der Waals surface area (Å²) in [7, 11) is 0. The minimum Gasteiger partial charge on any atom is -0.394 e. The molecule has 5 N–H and O–H groups in total. The quantitative estimate of drug-likeness (QED) is 0.579. The number of anilines is 1. The summed E-state index contributed by atoms with van der Waals surface area (Å²) < 4.78 is 7.03. The molecule has 2 aromatic rings. The second-order valence-electron chi connectivity index (χ2n) is 5.59. The van der Waals surface area contributed by atoms with E-state index in [9.17, 15) is 15.3 Å². The fourth-order valence-electron chi connectivity index (χ4n) is 2.60. The average molecular weight is 332 g/mol. The predicted molar refractivity (Wildman–Crippen MR) is 85.4 cm³/mol. The Morgan fingerprint density at radius 1 is 1.17 bits per heavy atom. The van der Waals surface area contributed by atoms with Crippen molar-refractivity contribution in [1.82, 2.24) is 9.55 Å². The first-order chi connectivity index (χ1) is 11.6. The molecule has 0 amide bonds. The molecular formula is C16H20N4O4. The molecule has 0 spiro atoms. The van der Waals surface area contributed by atoms with Crippen molar-refractivity contribution in [2.45, 2.75) is 31.1 Å². The molecule has 0 bridgehead atoms. The van der Waals surface area contributed by atoms with Crippen molar-refractivity contribution in [2.75, 3.05) is 12.3 Å². The molecule has 1 aliphatic rings. The van der Waals surface area contributed by atoms with Crippen molar-refractivity contribution in [1.29, 1.82) is 0 Å². The normalized spacial score (nSPS) is 27.5. The number of benzene rings is 1. The maximum atomic E-state index is 10.2. The lowest BCUT2D eigenvalue weighted by molar-refractivity contribution is -0.0553. The first kappa shape index (κ1) is 16.6. The Labute approximate surface area is 138 Å². The Balaban J connectivity index is 1.94. The number of ether oxygens (including phenoxy) is 1. The van der Waals surface area contributed by atoms with Crippen LogP contribution in [-0.2, 0) is 11.3 Å². The van der Waals surface area contributed by atoms with E-state index in [1.165, 1.54) is 4.57 Å². The molecule has 128 valence electrons. The van der Waals surface area contributed by atoms with Crippen molar-refractivity contribution in [3.8, 4) is 0 Å². The van der Waals surface area contributed by atoms with Crippen LogP contribution in [0.1, 0.15) is 11.8 Å². The molecule has 1 fully saturated rings. The van der Waals surface area contributed by atoms with Gasteiger partial charge in [-0.2, -0.15) is 4.98 Å². The van der Waals surface area contributed by atoms with E-state index in [2.05, 4.69) is 9.98 Å². The maximum Gasteiger partial charge on any atom is 0.229 e. The molecule has 1 aliphatic heterocycles. The summed E-state index contributed by atoms with van der Waals surface area (Å²) in [6.45, 7) is -0.0136. The van der Waals surface area contributed by atoms with Crippen molar-refractivity contribution in [3.05, 3.63) is 53.8 Å². The lowest BCUT2D eigenvalue weighted by atomic mass is 10.1. The topological polar surface area (TPSA) is 126 Å². The van der Waals surface area contributed by atoms with Crippen LogP contribution >= 0.6 is 0 Å². The van der Waals surface area contributed by atoms with Crippen LogP contribution in [-0.4, -0.2) is 49.8 Å². The van der Waals surface area contributed by atoms with E-state index < -0.39 is 31.1 Å². The third kappa shape index (κ3) is 3.31. The van der Waals surface area contributed by atoms with Crippen molar-refractivity contribution in [3.63, 3.8) is 0 Å². The number of aromatic nitrogens is 2. The third-order valence-corrected chi connectivity index (χ3v) is 3.90. The molecule has 8 heteroatoms. The van der Waals surface area contributed by atoms with E-state index in [0.29, 0.717) is 6.54 Å². The standard InChI is InChI=1S/C16H20N4O4/c17-12-6-7-20(15-14(23)13(22)11(9-21)24-15)16(19-12)18-8-10-4-2-1-3-5-10/h1-7,11,13-15,21-23H,8-9H2,(H2,17,18,19)/t11-,13-,14+,15-/m1/s1. The van der Waals surface area contributed by atoms with Crippen molar-refractivity contribution >= 4 is 5.82 Å². The summed E-state index contributed by atoms with van der Waals surface area (Å²) in [5.41, 5.74) is 7.00. The largest absolute Gasteiger partial charge is 0.394 e. The third-order valence-electron chi connectivity index (χ3n) is 3.90.